The molecule has 0 atom stereocenters. The second-order valence-corrected chi connectivity index (χ2v) is 7.79. The number of fused-ring (bicyclic) bond motifs is 1. The predicted molar refractivity (Wildman–Crippen MR) is 125 cm³/mol. The molecule has 184 valence electrons. The van der Waals surface area contributed by atoms with E-state index in [1.54, 1.807) is 19.1 Å². The molecule has 0 heterocycles. The zero-order valence-electron chi connectivity index (χ0n) is 18.7. The molecule has 4 aromatic carbocycles. The second-order valence-electron chi connectivity index (χ2n) is 7.79. The summed E-state index contributed by atoms with van der Waals surface area (Å²) in [5.41, 5.74) is -1.57. The van der Waals surface area contributed by atoms with Crippen LogP contribution in [0.1, 0.15) is 12.5 Å². The van der Waals surface area contributed by atoms with Crippen LogP contribution >= 0.6 is 0 Å². The van der Waals surface area contributed by atoms with E-state index >= 15 is 8.78 Å². The minimum absolute atomic E-state index is 0.0454. The molecule has 0 fully saturated rings. The van der Waals surface area contributed by atoms with E-state index in [0.29, 0.717) is 0 Å². The molecule has 4 aromatic rings. The van der Waals surface area contributed by atoms with Gasteiger partial charge in [0, 0.05) is 23.1 Å². The molecule has 0 unspecified atom stereocenters. The average Bonchev–Trinajstić information content (AvgIpc) is 2.81. The summed E-state index contributed by atoms with van der Waals surface area (Å²) in [5.74, 6) is -5.04. The fourth-order valence-corrected chi connectivity index (χ4v) is 3.81. The quantitative estimate of drug-likeness (QED) is 0.189. The highest BCUT2D eigenvalue weighted by Crippen LogP contribution is 2.35. The van der Waals surface area contributed by atoms with Crippen LogP contribution in [0.5, 0.6) is 5.75 Å². The number of allylic oxidation sites excluding steroid dienone is 1. The molecule has 0 bridgehead atoms. The molecule has 0 spiro atoms. The smallest absolute Gasteiger partial charge is 0.271 e. The third kappa shape index (κ3) is 4.98. The molecule has 0 amide bonds. The van der Waals surface area contributed by atoms with Gasteiger partial charge in [-0.1, -0.05) is 24.3 Å². The van der Waals surface area contributed by atoms with E-state index < -0.39 is 46.3 Å². The van der Waals surface area contributed by atoms with Gasteiger partial charge in [0.1, 0.15) is 41.4 Å². The number of hydrogen-bond acceptors (Lipinski definition) is 1. The Hall–Kier alpha value is -4.07. The summed E-state index contributed by atoms with van der Waals surface area (Å²) in [4.78, 5) is 0. The molecule has 0 saturated carbocycles. The number of halogens is 7. The summed E-state index contributed by atoms with van der Waals surface area (Å²) < 4.78 is 104. The molecule has 1 nitrogen and oxygen atoms in total. The van der Waals surface area contributed by atoms with Gasteiger partial charge in [0.15, 0.2) is 0 Å². The van der Waals surface area contributed by atoms with E-state index in [1.165, 1.54) is 18.2 Å². The molecule has 8 heteroatoms. The van der Waals surface area contributed by atoms with Crippen LogP contribution < -0.4 is 4.74 Å². The summed E-state index contributed by atoms with van der Waals surface area (Å²) in [6.07, 6.45) is 1.28. The highest BCUT2D eigenvalue weighted by atomic mass is 19.3. The van der Waals surface area contributed by atoms with E-state index in [0.717, 1.165) is 36.4 Å². The van der Waals surface area contributed by atoms with Crippen LogP contribution in [0.15, 0.2) is 72.8 Å². The van der Waals surface area contributed by atoms with Crippen molar-refractivity contribution in [3.8, 4) is 28.0 Å². The highest BCUT2D eigenvalue weighted by Gasteiger charge is 2.19. The van der Waals surface area contributed by atoms with Crippen LogP contribution in [0.2, 0.25) is 0 Å². The van der Waals surface area contributed by atoms with E-state index in [4.69, 9.17) is 4.74 Å². The van der Waals surface area contributed by atoms with Gasteiger partial charge in [0.05, 0.1) is 11.1 Å². The van der Waals surface area contributed by atoms with Gasteiger partial charge in [-0.05, 0) is 59.8 Å². The van der Waals surface area contributed by atoms with Crippen LogP contribution in [-0.2, 0) is 0 Å². The monoisotopic (exact) mass is 502 g/mol. The number of rotatable bonds is 6. The first-order valence-corrected chi connectivity index (χ1v) is 10.7. The van der Waals surface area contributed by atoms with Crippen molar-refractivity contribution in [3.63, 3.8) is 0 Å². The summed E-state index contributed by atoms with van der Waals surface area (Å²) in [5, 5.41) is -0.287. The van der Waals surface area contributed by atoms with Crippen molar-refractivity contribution in [2.45, 2.75) is 6.92 Å². The topological polar surface area (TPSA) is 9.23 Å². The van der Waals surface area contributed by atoms with Crippen molar-refractivity contribution in [2.75, 3.05) is 6.61 Å². The van der Waals surface area contributed by atoms with Crippen LogP contribution in [0, 0.1) is 29.1 Å². The Balaban J connectivity index is 1.73. The number of ether oxygens (including phenoxy) is 1. The van der Waals surface area contributed by atoms with Crippen molar-refractivity contribution in [3.05, 3.63) is 107 Å². The third-order valence-electron chi connectivity index (χ3n) is 5.48. The first kappa shape index (κ1) is 25.0. The lowest BCUT2D eigenvalue weighted by atomic mass is 9.96. The van der Waals surface area contributed by atoms with Crippen molar-refractivity contribution in [2.24, 2.45) is 0 Å². The second kappa shape index (κ2) is 10.3. The fourth-order valence-electron chi connectivity index (χ4n) is 3.81. The molecule has 0 aliphatic carbocycles. The summed E-state index contributed by atoms with van der Waals surface area (Å²) >= 11 is 0. The van der Waals surface area contributed by atoms with Crippen molar-refractivity contribution < 1.29 is 35.5 Å². The van der Waals surface area contributed by atoms with Crippen LogP contribution in [0.25, 0.3) is 39.1 Å². The number of hydrogen-bond donors (Lipinski definition) is 0. The fraction of sp³-hybridized carbons (Fsp3) is 0.0714. The zero-order chi connectivity index (χ0) is 26.0. The van der Waals surface area contributed by atoms with Crippen molar-refractivity contribution in [1.29, 1.82) is 0 Å². The molecule has 0 aliphatic heterocycles. The van der Waals surface area contributed by atoms with Gasteiger partial charge in [-0.2, -0.15) is 8.78 Å². The Morgan fingerprint density at radius 2 is 1.50 bits per heavy atom. The molecular weight excluding hydrogens is 485 g/mol. The lowest BCUT2D eigenvalue weighted by Crippen LogP contribution is -1.97. The summed E-state index contributed by atoms with van der Waals surface area (Å²) in [6.45, 7) is 2.04. The Morgan fingerprint density at radius 1 is 0.778 bits per heavy atom. The maximum absolute atomic E-state index is 15.0. The van der Waals surface area contributed by atoms with Gasteiger partial charge in [-0.15, -0.1) is 0 Å². The molecule has 0 aliphatic rings. The first-order valence-electron chi connectivity index (χ1n) is 10.7. The Bertz CT molecular complexity index is 1500. The summed E-state index contributed by atoms with van der Waals surface area (Å²) in [6, 6.07) is 10.0. The average molecular weight is 502 g/mol. The summed E-state index contributed by atoms with van der Waals surface area (Å²) in [7, 11) is 0. The Morgan fingerprint density at radius 3 is 2.14 bits per heavy atom. The van der Waals surface area contributed by atoms with Crippen molar-refractivity contribution >= 4 is 16.8 Å². The molecule has 0 aromatic heterocycles. The highest BCUT2D eigenvalue weighted by molar-refractivity contribution is 5.90. The Kier molecular flexibility index (Phi) is 7.15. The van der Waals surface area contributed by atoms with E-state index in [1.807, 2.05) is 0 Å². The lowest BCUT2D eigenvalue weighted by molar-refractivity contribution is 0.360. The standard InChI is InChI=1S/C28H17F7O/c1-2-3-8-36-18-5-7-19(23(30)13-18)17-11-24(31)27(25(32)12-17)15-4-6-20-16(9-15)10-22(29)21(28(20)35)14-26(33)34/h2-7,9-14H,8H2,1H3. The van der Waals surface area contributed by atoms with Gasteiger partial charge in [-0.3, -0.25) is 0 Å². The molecule has 0 saturated heterocycles. The van der Waals surface area contributed by atoms with Gasteiger partial charge in [-0.25, -0.2) is 22.0 Å². The van der Waals surface area contributed by atoms with Gasteiger partial charge in [0.25, 0.3) is 6.08 Å². The number of benzene rings is 4. The minimum Gasteiger partial charge on any atom is -0.489 e. The van der Waals surface area contributed by atoms with Crippen LogP contribution in [-0.4, -0.2) is 6.61 Å². The van der Waals surface area contributed by atoms with Crippen LogP contribution in [0.3, 0.4) is 0 Å². The Labute approximate surface area is 201 Å². The van der Waals surface area contributed by atoms with Gasteiger partial charge in [0.2, 0.25) is 0 Å². The minimum atomic E-state index is -2.28. The molecular formula is C28H17F7O. The van der Waals surface area contributed by atoms with E-state index in [2.05, 4.69) is 0 Å². The molecule has 0 radical (unpaired) electrons. The lowest BCUT2D eigenvalue weighted by Gasteiger charge is -2.12. The van der Waals surface area contributed by atoms with Crippen molar-refractivity contribution in [1.82, 2.24) is 0 Å². The zero-order valence-corrected chi connectivity index (χ0v) is 18.7. The van der Waals surface area contributed by atoms with Gasteiger partial charge >= 0.3 is 0 Å². The first-order chi connectivity index (χ1) is 17.2. The maximum Gasteiger partial charge on any atom is 0.271 e. The molecule has 36 heavy (non-hydrogen) atoms. The van der Waals surface area contributed by atoms with E-state index in [-0.39, 0.29) is 45.9 Å². The maximum atomic E-state index is 15.0. The largest absolute Gasteiger partial charge is 0.489 e. The SMILES string of the molecule is CC=CCOc1ccc(-c2cc(F)c(-c3ccc4c(F)c(C=C(F)F)c(F)cc4c3)c(F)c2)c(F)c1. The molecule has 0 N–H and O–H groups in total. The van der Waals surface area contributed by atoms with Crippen LogP contribution in [0.4, 0.5) is 30.7 Å². The predicted octanol–water partition coefficient (Wildman–Crippen LogP) is 9.06. The normalized spacial score (nSPS) is 11.3. The van der Waals surface area contributed by atoms with E-state index in [9.17, 15) is 22.0 Å². The van der Waals surface area contributed by atoms with Gasteiger partial charge < -0.3 is 4.74 Å². The molecule has 4 rings (SSSR count). The third-order valence-corrected chi connectivity index (χ3v) is 5.48.